The summed E-state index contributed by atoms with van der Waals surface area (Å²) in [7, 11) is 0. The van der Waals surface area contributed by atoms with E-state index in [-0.39, 0.29) is 29.9 Å². The SMILES string of the molecule is Cc1nc(N)ccc1-c1cccc(C[C@H](CC(=O)C2CCC(CNC(=O)OC(C)(C)C)CC2)C(=O)Nc2ccc(-c3nn[nH]n3)cc2)c1. The molecular weight excluding hydrogens is 608 g/mol. The van der Waals surface area contributed by atoms with Gasteiger partial charge in [0.25, 0.3) is 0 Å². The standard InChI is InChI=1S/C36H44N8O4/c1-22-30(16-17-32(37)39-22)27-7-5-6-24(18-27)19-28(34(46)40-29-14-12-26(13-15-29)33-41-43-44-42-33)20-31(45)25-10-8-23(9-11-25)21-38-35(47)48-36(2,3)4/h5-7,12-18,23,25,28H,8-11,19-21H2,1-4H3,(H2,37,39)(H,38,47)(H,40,46)(H,41,42,43,44)/t23?,25?,28-/m1/s1. The average molecular weight is 653 g/mol. The van der Waals surface area contributed by atoms with Gasteiger partial charge in [0.2, 0.25) is 11.7 Å². The maximum Gasteiger partial charge on any atom is 0.407 e. The van der Waals surface area contributed by atoms with E-state index in [1.807, 2.05) is 70.2 Å². The Balaban J connectivity index is 1.26. The van der Waals surface area contributed by atoms with Crippen molar-refractivity contribution in [3.63, 3.8) is 0 Å². The van der Waals surface area contributed by atoms with Crippen LogP contribution in [-0.4, -0.2) is 55.5 Å². The molecule has 0 spiro atoms. The van der Waals surface area contributed by atoms with Crippen molar-refractivity contribution in [2.75, 3.05) is 17.6 Å². The monoisotopic (exact) mass is 652 g/mol. The summed E-state index contributed by atoms with van der Waals surface area (Å²) in [5, 5.41) is 19.9. The van der Waals surface area contributed by atoms with Gasteiger partial charge in [-0.1, -0.05) is 24.3 Å². The highest BCUT2D eigenvalue weighted by atomic mass is 16.6. The van der Waals surface area contributed by atoms with Crippen LogP contribution in [0.5, 0.6) is 0 Å². The lowest BCUT2D eigenvalue weighted by Gasteiger charge is -2.29. The molecule has 1 fully saturated rings. The van der Waals surface area contributed by atoms with Gasteiger partial charge in [0.15, 0.2) is 0 Å². The van der Waals surface area contributed by atoms with Crippen molar-refractivity contribution in [2.24, 2.45) is 17.8 Å². The third kappa shape index (κ3) is 9.46. The summed E-state index contributed by atoms with van der Waals surface area (Å²) >= 11 is 0. The topological polar surface area (TPSA) is 178 Å². The normalized spacial score (nSPS) is 16.9. The maximum absolute atomic E-state index is 13.8. The Morgan fingerprint density at radius 3 is 2.42 bits per heavy atom. The lowest BCUT2D eigenvalue weighted by molar-refractivity contribution is -0.129. The Kier molecular flexibility index (Phi) is 10.8. The minimum Gasteiger partial charge on any atom is -0.444 e. The van der Waals surface area contributed by atoms with Crippen LogP contribution in [0.1, 0.15) is 64.1 Å². The fourth-order valence-electron chi connectivity index (χ4n) is 6.16. The second kappa shape index (κ2) is 15.2. The zero-order chi connectivity index (χ0) is 34.3. The Hall–Kier alpha value is -5.13. The molecule has 0 radical (unpaired) electrons. The van der Waals surface area contributed by atoms with E-state index in [9.17, 15) is 14.4 Å². The number of aryl methyl sites for hydroxylation is 1. The molecule has 0 bridgehead atoms. The van der Waals surface area contributed by atoms with Crippen molar-refractivity contribution in [3.8, 4) is 22.5 Å². The number of hydrogen-bond acceptors (Lipinski definition) is 9. The number of aromatic amines is 1. The number of hydrogen-bond donors (Lipinski definition) is 4. The third-order valence-corrected chi connectivity index (χ3v) is 8.64. The van der Waals surface area contributed by atoms with E-state index in [4.69, 9.17) is 10.5 Å². The second-order valence-electron chi connectivity index (χ2n) is 13.5. The molecule has 2 heterocycles. The molecule has 2 aromatic heterocycles. The molecule has 48 heavy (non-hydrogen) atoms. The first-order valence-electron chi connectivity index (χ1n) is 16.4. The van der Waals surface area contributed by atoms with Gasteiger partial charge >= 0.3 is 6.09 Å². The number of aromatic nitrogens is 5. The van der Waals surface area contributed by atoms with Crippen molar-refractivity contribution in [3.05, 3.63) is 71.9 Å². The molecule has 0 unspecified atom stereocenters. The molecule has 2 amide bonds. The van der Waals surface area contributed by atoms with Crippen LogP contribution in [0, 0.1) is 24.7 Å². The number of nitrogens with zero attached hydrogens (tertiary/aromatic N) is 4. The van der Waals surface area contributed by atoms with Crippen LogP contribution < -0.4 is 16.4 Å². The number of benzene rings is 2. The first-order valence-corrected chi connectivity index (χ1v) is 16.4. The molecule has 4 aromatic rings. The molecule has 0 saturated heterocycles. The number of anilines is 2. The lowest BCUT2D eigenvalue weighted by atomic mass is 9.77. The molecule has 252 valence electrons. The Labute approximate surface area is 280 Å². The second-order valence-corrected chi connectivity index (χ2v) is 13.5. The van der Waals surface area contributed by atoms with Gasteiger partial charge in [-0.05, 0) is 118 Å². The van der Waals surface area contributed by atoms with Gasteiger partial charge in [-0.3, -0.25) is 9.59 Å². The molecule has 12 heteroatoms. The van der Waals surface area contributed by atoms with Crippen LogP contribution in [0.25, 0.3) is 22.5 Å². The minimum atomic E-state index is -0.582. The number of alkyl carbamates (subject to hydrolysis) is 1. The summed E-state index contributed by atoms with van der Waals surface area (Å²) in [4.78, 5) is 44.0. The molecule has 1 saturated carbocycles. The van der Waals surface area contributed by atoms with Crippen LogP contribution in [-0.2, 0) is 20.7 Å². The summed E-state index contributed by atoms with van der Waals surface area (Å²) in [6.07, 6.45) is 3.20. The van der Waals surface area contributed by atoms with Gasteiger partial charge in [-0.25, -0.2) is 9.78 Å². The van der Waals surface area contributed by atoms with Crippen LogP contribution >= 0.6 is 0 Å². The Morgan fingerprint density at radius 1 is 1.00 bits per heavy atom. The van der Waals surface area contributed by atoms with Crippen LogP contribution in [0.3, 0.4) is 0 Å². The number of carbonyl (C=O) groups is 3. The van der Waals surface area contributed by atoms with Crippen molar-refractivity contribution < 1.29 is 19.1 Å². The number of amides is 2. The van der Waals surface area contributed by atoms with E-state index in [0.29, 0.717) is 30.3 Å². The largest absolute Gasteiger partial charge is 0.444 e. The fourth-order valence-corrected chi connectivity index (χ4v) is 6.16. The third-order valence-electron chi connectivity index (χ3n) is 8.64. The van der Waals surface area contributed by atoms with Crippen molar-refractivity contribution >= 4 is 29.3 Å². The molecule has 1 aliphatic rings. The number of rotatable bonds is 11. The number of nitrogens with two attached hydrogens (primary N) is 1. The summed E-state index contributed by atoms with van der Waals surface area (Å²) in [6, 6.07) is 18.9. The highest BCUT2D eigenvalue weighted by molar-refractivity contribution is 5.96. The van der Waals surface area contributed by atoms with Gasteiger partial charge in [0.1, 0.15) is 17.2 Å². The van der Waals surface area contributed by atoms with Gasteiger partial charge in [-0.15, -0.1) is 10.2 Å². The van der Waals surface area contributed by atoms with E-state index < -0.39 is 17.6 Å². The van der Waals surface area contributed by atoms with Crippen LogP contribution in [0.4, 0.5) is 16.3 Å². The Bertz CT molecular complexity index is 1710. The van der Waals surface area contributed by atoms with Gasteiger partial charge < -0.3 is 21.1 Å². The average Bonchev–Trinajstić information content (AvgIpc) is 3.59. The van der Waals surface area contributed by atoms with E-state index in [1.54, 1.807) is 18.2 Å². The summed E-state index contributed by atoms with van der Waals surface area (Å²) in [5.74, 6) is 0.367. The minimum absolute atomic E-state index is 0.0934. The van der Waals surface area contributed by atoms with Crippen molar-refractivity contribution in [1.29, 1.82) is 0 Å². The van der Waals surface area contributed by atoms with E-state index in [2.05, 4.69) is 36.2 Å². The van der Waals surface area contributed by atoms with E-state index in [1.165, 1.54) is 0 Å². The first-order chi connectivity index (χ1) is 22.9. The molecule has 0 aliphatic heterocycles. The molecular formula is C36H44N8O4. The van der Waals surface area contributed by atoms with Gasteiger partial charge in [0, 0.05) is 47.3 Å². The zero-order valence-corrected chi connectivity index (χ0v) is 28.0. The number of ether oxygens (including phenoxy) is 1. The number of pyridine rings is 1. The van der Waals surface area contributed by atoms with E-state index in [0.717, 1.165) is 53.6 Å². The highest BCUT2D eigenvalue weighted by Crippen LogP contribution is 2.32. The van der Waals surface area contributed by atoms with E-state index >= 15 is 0 Å². The number of nitrogen functional groups attached to an aromatic ring is 1. The molecule has 2 aromatic carbocycles. The quantitative estimate of drug-likeness (QED) is 0.153. The number of H-pyrrole nitrogens is 1. The summed E-state index contributed by atoms with van der Waals surface area (Å²) in [6.45, 7) is 7.94. The number of tetrazole rings is 1. The zero-order valence-electron chi connectivity index (χ0n) is 28.0. The highest BCUT2D eigenvalue weighted by Gasteiger charge is 2.31. The van der Waals surface area contributed by atoms with Crippen molar-refractivity contribution in [1.82, 2.24) is 30.9 Å². The molecule has 5 rings (SSSR count). The molecule has 12 nitrogen and oxygen atoms in total. The predicted octanol–water partition coefficient (Wildman–Crippen LogP) is 5.91. The number of carbonyl (C=O) groups excluding carboxylic acids is 3. The van der Waals surface area contributed by atoms with Gasteiger partial charge in [0.05, 0.1) is 0 Å². The van der Waals surface area contributed by atoms with Crippen LogP contribution in [0.15, 0.2) is 60.7 Å². The molecule has 1 atom stereocenters. The van der Waals surface area contributed by atoms with Crippen molar-refractivity contribution in [2.45, 2.75) is 71.8 Å². The number of Topliss-reactive ketones (excluding diaryl/α,β-unsaturated/α-hetero) is 1. The maximum atomic E-state index is 13.8. The fraction of sp³-hybridized carbons (Fsp3) is 0.417. The summed E-state index contributed by atoms with van der Waals surface area (Å²) in [5.41, 5.74) is 10.4. The van der Waals surface area contributed by atoms with Crippen LogP contribution in [0.2, 0.25) is 0 Å². The summed E-state index contributed by atoms with van der Waals surface area (Å²) < 4.78 is 5.35. The molecule has 5 N–H and O–H groups in total. The number of nitrogens with one attached hydrogen (secondary N) is 3. The lowest BCUT2D eigenvalue weighted by Crippen LogP contribution is -2.37. The molecule has 1 aliphatic carbocycles. The first kappa shape index (κ1) is 34.2. The Morgan fingerprint density at radius 2 is 1.75 bits per heavy atom. The number of ketones is 1. The smallest absolute Gasteiger partial charge is 0.407 e. The predicted molar refractivity (Wildman–Crippen MR) is 184 cm³/mol. The van der Waals surface area contributed by atoms with Gasteiger partial charge in [-0.2, -0.15) is 5.21 Å².